The topological polar surface area (TPSA) is 43.4 Å². The van der Waals surface area contributed by atoms with E-state index in [0.717, 1.165) is 12.1 Å². The van der Waals surface area contributed by atoms with Gasteiger partial charge in [-0.25, -0.2) is 4.39 Å². The molecular formula is C12H12ClFO3. The molecule has 0 spiro atoms. The Balaban J connectivity index is 3.11. The van der Waals surface area contributed by atoms with Gasteiger partial charge in [0.1, 0.15) is 5.82 Å². The van der Waals surface area contributed by atoms with Gasteiger partial charge in [0.25, 0.3) is 0 Å². The van der Waals surface area contributed by atoms with Crippen molar-refractivity contribution in [2.75, 3.05) is 0 Å². The molecule has 0 aliphatic heterocycles. The van der Waals surface area contributed by atoms with E-state index in [2.05, 4.69) is 0 Å². The Morgan fingerprint density at radius 2 is 1.94 bits per heavy atom. The van der Waals surface area contributed by atoms with Crippen molar-refractivity contribution < 1.29 is 18.7 Å². The molecule has 0 radical (unpaired) electrons. The summed E-state index contributed by atoms with van der Waals surface area (Å²) in [6.07, 6.45) is 0. The van der Waals surface area contributed by atoms with Crippen LogP contribution in [0.25, 0.3) is 0 Å². The molecule has 0 saturated carbocycles. The number of benzene rings is 1. The third-order valence-electron chi connectivity index (χ3n) is 2.12. The number of ether oxygens (including phenoxy) is 1. The molecule has 0 bridgehead atoms. The van der Waals surface area contributed by atoms with Gasteiger partial charge in [-0.15, -0.1) is 0 Å². The van der Waals surface area contributed by atoms with E-state index in [9.17, 15) is 14.0 Å². The Bertz CT molecular complexity index is 469. The smallest absolute Gasteiger partial charge is 0.303 e. The van der Waals surface area contributed by atoms with Gasteiger partial charge in [-0.2, -0.15) is 0 Å². The minimum atomic E-state index is -1.37. The fourth-order valence-electron chi connectivity index (χ4n) is 1.40. The van der Waals surface area contributed by atoms with Crippen molar-refractivity contribution in [3.63, 3.8) is 0 Å². The first-order valence-electron chi connectivity index (χ1n) is 4.93. The van der Waals surface area contributed by atoms with Crippen LogP contribution in [0.1, 0.15) is 31.1 Å². The number of Topliss-reactive ketones (excluding diaryl/α,β-unsaturated/α-hetero) is 1. The third-order valence-corrected chi connectivity index (χ3v) is 2.45. The summed E-state index contributed by atoms with van der Waals surface area (Å²) in [5.74, 6) is -1.70. The lowest BCUT2D eigenvalue weighted by Crippen LogP contribution is -2.36. The van der Waals surface area contributed by atoms with Crippen LogP contribution in [0.3, 0.4) is 0 Å². The minimum absolute atomic E-state index is 0.00193. The van der Waals surface area contributed by atoms with Gasteiger partial charge in [-0.3, -0.25) is 9.59 Å². The lowest BCUT2D eigenvalue weighted by Gasteiger charge is -2.23. The molecule has 0 saturated heterocycles. The maximum atomic E-state index is 13.0. The van der Waals surface area contributed by atoms with Crippen LogP contribution in [0.15, 0.2) is 18.2 Å². The van der Waals surface area contributed by atoms with Crippen molar-refractivity contribution in [2.24, 2.45) is 0 Å². The zero-order valence-electron chi connectivity index (χ0n) is 9.71. The van der Waals surface area contributed by atoms with E-state index >= 15 is 0 Å². The van der Waals surface area contributed by atoms with Crippen molar-refractivity contribution in [1.82, 2.24) is 0 Å². The Morgan fingerprint density at radius 1 is 1.35 bits per heavy atom. The van der Waals surface area contributed by atoms with Crippen molar-refractivity contribution in [3.8, 4) is 0 Å². The summed E-state index contributed by atoms with van der Waals surface area (Å²) in [6, 6.07) is 3.46. The normalized spacial score (nSPS) is 11.1. The molecule has 0 fully saturated rings. The average Bonchev–Trinajstić information content (AvgIpc) is 2.18. The molecule has 0 heterocycles. The number of ketones is 1. The quantitative estimate of drug-likeness (QED) is 0.618. The molecular weight excluding hydrogens is 247 g/mol. The Kier molecular flexibility index (Phi) is 3.88. The fraction of sp³-hybridized carbons (Fsp3) is 0.333. The van der Waals surface area contributed by atoms with Crippen LogP contribution >= 0.6 is 11.6 Å². The number of rotatable bonds is 3. The molecule has 0 unspecified atom stereocenters. The van der Waals surface area contributed by atoms with E-state index < -0.39 is 23.2 Å². The summed E-state index contributed by atoms with van der Waals surface area (Å²) in [5.41, 5.74) is -1.37. The Labute approximate surface area is 104 Å². The molecule has 92 valence electrons. The summed E-state index contributed by atoms with van der Waals surface area (Å²) in [4.78, 5) is 22.9. The first-order valence-corrected chi connectivity index (χ1v) is 5.31. The maximum Gasteiger partial charge on any atom is 0.303 e. The maximum absolute atomic E-state index is 13.0. The van der Waals surface area contributed by atoms with Crippen LogP contribution in [0.5, 0.6) is 0 Å². The summed E-state index contributed by atoms with van der Waals surface area (Å²) in [6.45, 7) is 4.05. The zero-order valence-corrected chi connectivity index (χ0v) is 10.5. The number of halogens is 2. The average molecular weight is 259 g/mol. The van der Waals surface area contributed by atoms with Crippen LogP contribution in [0.4, 0.5) is 4.39 Å². The molecule has 0 aromatic heterocycles. The standard InChI is InChI=1S/C12H12ClFO3/c1-7(15)17-12(2,3)11(16)9-6-8(14)4-5-10(9)13/h4-6H,1-3H3. The van der Waals surface area contributed by atoms with Crippen LogP contribution in [0, 0.1) is 5.82 Å². The van der Waals surface area contributed by atoms with Gasteiger partial charge in [0.15, 0.2) is 5.60 Å². The van der Waals surface area contributed by atoms with Crippen molar-refractivity contribution in [1.29, 1.82) is 0 Å². The lowest BCUT2D eigenvalue weighted by atomic mass is 9.96. The lowest BCUT2D eigenvalue weighted by molar-refractivity contribution is -0.149. The van der Waals surface area contributed by atoms with Gasteiger partial charge in [0.05, 0.1) is 5.02 Å². The molecule has 0 atom stereocenters. The van der Waals surface area contributed by atoms with E-state index in [1.807, 2.05) is 0 Å². The largest absolute Gasteiger partial charge is 0.451 e. The number of carbonyl (C=O) groups is 2. The Hall–Kier alpha value is -1.42. The van der Waals surface area contributed by atoms with Gasteiger partial charge >= 0.3 is 5.97 Å². The van der Waals surface area contributed by atoms with Gasteiger partial charge in [-0.05, 0) is 32.0 Å². The van der Waals surface area contributed by atoms with E-state index in [4.69, 9.17) is 16.3 Å². The molecule has 0 amide bonds. The Morgan fingerprint density at radius 3 is 2.47 bits per heavy atom. The molecule has 17 heavy (non-hydrogen) atoms. The SMILES string of the molecule is CC(=O)OC(C)(C)C(=O)c1cc(F)ccc1Cl. The van der Waals surface area contributed by atoms with Crippen LogP contribution < -0.4 is 0 Å². The van der Waals surface area contributed by atoms with Crippen molar-refractivity contribution in [2.45, 2.75) is 26.4 Å². The summed E-state index contributed by atoms with van der Waals surface area (Å²) in [7, 11) is 0. The van der Waals surface area contributed by atoms with E-state index in [-0.39, 0.29) is 10.6 Å². The van der Waals surface area contributed by atoms with Gasteiger partial charge in [-0.1, -0.05) is 11.6 Å². The summed E-state index contributed by atoms with van der Waals surface area (Å²) < 4.78 is 17.9. The highest BCUT2D eigenvalue weighted by molar-refractivity contribution is 6.34. The summed E-state index contributed by atoms with van der Waals surface area (Å²) in [5, 5.41) is 0.122. The summed E-state index contributed by atoms with van der Waals surface area (Å²) >= 11 is 5.81. The number of hydrogen-bond acceptors (Lipinski definition) is 3. The minimum Gasteiger partial charge on any atom is -0.451 e. The highest BCUT2D eigenvalue weighted by atomic mass is 35.5. The fourth-order valence-corrected chi connectivity index (χ4v) is 1.60. The third kappa shape index (κ3) is 3.27. The number of esters is 1. The molecule has 3 nitrogen and oxygen atoms in total. The first kappa shape index (κ1) is 13.6. The van der Waals surface area contributed by atoms with E-state index in [1.165, 1.54) is 26.8 Å². The second-order valence-electron chi connectivity index (χ2n) is 4.06. The molecule has 0 N–H and O–H groups in total. The van der Waals surface area contributed by atoms with E-state index in [1.54, 1.807) is 0 Å². The monoisotopic (exact) mass is 258 g/mol. The molecule has 1 aromatic carbocycles. The van der Waals surface area contributed by atoms with Crippen molar-refractivity contribution in [3.05, 3.63) is 34.6 Å². The predicted molar refractivity (Wildman–Crippen MR) is 61.6 cm³/mol. The predicted octanol–water partition coefficient (Wildman–Crippen LogP) is 3.00. The van der Waals surface area contributed by atoms with Crippen LogP contribution in [0.2, 0.25) is 5.02 Å². The highest BCUT2D eigenvalue weighted by Gasteiger charge is 2.33. The van der Waals surface area contributed by atoms with Gasteiger partial charge in [0.2, 0.25) is 5.78 Å². The number of carbonyl (C=O) groups excluding carboxylic acids is 2. The second-order valence-corrected chi connectivity index (χ2v) is 4.46. The first-order chi connectivity index (χ1) is 7.74. The number of hydrogen-bond donors (Lipinski definition) is 0. The zero-order chi connectivity index (χ0) is 13.2. The van der Waals surface area contributed by atoms with Crippen LogP contribution in [-0.2, 0) is 9.53 Å². The molecule has 1 rings (SSSR count). The second kappa shape index (κ2) is 4.84. The van der Waals surface area contributed by atoms with Gasteiger partial charge < -0.3 is 4.74 Å². The molecule has 5 heteroatoms. The van der Waals surface area contributed by atoms with Crippen LogP contribution in [-0.4, -0.2) is 17.4 Å². The molecule has 1 aromatic rings. The van der Waals surface area contributed by atoms with Gasteiger partial charge in [0, 0.05) is 12.5 Å². The van der Waals surface area contributed by atoms with E-state index in [0.29, 0.717) is 0 Å². The highest BCUT2D eigenvalue weighted by Crippen LogP contribution is 2.24. The molecule has 0 aliphatic rings. The van der Waals surface area contributed by atoms with Crippen molar-refractivity contribution >= 4 is 23.4 Å². The molecule has 0 aliphatic carbocycles.